The molecule has 0 spiro atoms. The lowest BCUT2D eigenvalue weighted by Gasteiger charge is -2.10. The van der Waals surface area contributed by atoms with E-state index in [2.05, 4.69) is 4.98 Å². The molecule has 0 bridgehead atoms. The van der Waals surface area contributed by atoms with Gasteiger partial charge >= 0.3 is 0 Å². The van der Waals surface area contributed by atoms with Crippen molar-refractivity contribution in [3.63, 3.8) is 0 Å². The Bertz CT molecular complexity index is 585. The van der Waals surface area contributed by atoms with Gasteiger partial charge in [-0.2, -0.15) is 0 Å². The predicted molar refractivity (Wildman–Crippen MR) is 72.4 cm³/mol. The van der Waals surface area contributed by atoms with Gasteiger partial charge in [-0.05, 0) is 19.1 Å². The fourth-order valence-electron chi connectivity index (χ4n) is 1.70. The van der Waals surface area contributed by atoms with E-state index >= 15 is 0 Å². The van der Waals surface area contributed by atoms with Crippen LogP contribution in [0.2, 0.25) is 0 Å². The second-order valence-electron chi connectivity index (χ2n) is 4.12. The Labute approximate surface area is 111 Å². The van der Waals surface area contributed by atoms with Crippen molar-refractivity contribution in [2.75, 3.05) is 12.8 Å². The summed E-state index contributed by atoms with van der Waals surface area (Å²) in [5.41, 5.74) is 7.52. The number of hydrogen-bond acceptors (Lipinski definition) is 5. The number of ether oxygens (including phenoxy) is 2. The van der Waals surface area contributed by atoms with Crippen molar-refractivity contribution in [2.24, 2.45) is 0 Å². The van der Waals surface area contributed by atoms with E-state index in [9.17, 15) is 5.11 Å². The summed E-state index contributed by atoms with van der Waals surface area (Å²) in [6.45, 7) is 2.14. The second kappa shape index (κ2) is 5.48. The first-order valence-corrected chi connectivity index (χ1v) is 5.82. The topological polar surface area (TPSA) is 77.6 Å². The van der Waals surface area contributed by atoms with Gasteiger partial charge in [0.1, 0.15) is 29.5 Å². The normalized spacial score (nSPS) is 10.2. The van der Waals surface area contributed by atoms with Crippen LogP contribution >= 0.6 is 0 Å². The summed E-state index contributed by atoms with van der Waals surface area (Å²) < 4.78 is 10.7. The van der Waals surface area contributed by atoms with E-state index in [0.717, 1.165) is 17.1 Å². The monoisotopic (exact) mass is 260 g/mol. The third-order valence-corrected chi connectivity index (χ3v) is 2.63. The molecule has 5 nitrogen and oxygen atoms in total. The number of phenols is 1. The molecule has 1 heterocycles. The molecule has 1 aromatic heterocycles. The summed E-state index contributed by atoms with van der Waals surface area (Å²) in [6, 6.07) is 8.52. The van der Waals surface area contributed by atoms with E-state index in [1.165, 1.54) is 6.07 Å². The third-order valence-electron chi connectivity index (χ3n) is 2.63. The Morgan fingerprint density at radius 1 is 1.32 bits per heavy atom. The van der Waals surface area contributed by atoms with Crippen LogP contribution in [-0.2, 0) is 6.61 Å². The van der Waals surface area contributed by atoms with Gasteiger partial charge in [0.05, 0.1) is 12.8 Å². The van der Waals surface area contributed by atoms with E-state index in [1.807, 2.05) is 13.0 Å². The number of aromatic hydroxyl groups is 1. The fraction of sp³-hybridized carbons (Fsp3) is 0.214. The van der Waals surface area contributed by atoms with Crippen LogP contribution in [0.4, 0.5) is 5.69 Å². The lowest BCUT2D eigenvalue weighted by molar-refractivity contribution is 0.300. The van der Waals surface area contributed by atoms with Crippen molar-refractivity contribution in [1.29, 1.82) is 0 Å². The largest absolute Gasteiger partial charge is 0.506 e. The number of rotatable bonds is 4. The van der Waals surface area contributed by atoms with Crippen LogP contribution in [0.15, 0.2) is 30.3 Å². The van der Waals surface area contributed by atoms with Gasteiger partial charge in [0.15, 0.2) is 0 Å². The number of aromatic nitrogens is 1. The molecule has 100 valence electrons. The van der Waals surface area contributed by atoms with Crippen LogP contribution in [-0.4, -0.2) is 17.2 Å². The number of nitrogen functional groups attached to an aromatic ring is 1. The number of benzene rings is 1. The molecule has 0 aliphatic heterocycles. The molecule has 0 saturated carbocycles. The number of hydrogen-bond donors (Lipinski definition) is 2. The maximum absolute atomic E-state index is 9.48. The number of nitrogens with two attached hydrogens (primary N) is 1. The van der Waals surface area contributed by atoms with Gasteiger partial charge in [-0.15, -0.1) is 0 Å². The number of methoxy groups -OCH3 is 1. The van der Waals surface area contributed by atoms with E-state index in [0.29, 0.717) is 5.75 Å². The number of pyridine rings is 1. The minimum atomic E-state index is 0.00674. The Morgan fingerprint density at radius 2 is 2.11 bits per heavy atom. The average Bonchev–Trinajstić information content (AvgIpc) is 2.40. The van der Waals surface area contributed by atoms with Crippen LogP contribution in [0.25, 0.3) is 0 Å². The SMILES string of the molecule is COc1cc(C)nc(COc2cccc(O)c2N)c1. The smallest absolute Gasteiger partial charge is 0.146 e. The van der Waals surface area contributed by atoms with Crippen LogP contribution in [0, 0.1) is 6.92 Å². The highest BCUT2D eigenvalue weighted by molar-refractivity contribution is 5.61. The molecule has 0 unspecified atom stereocenters. The Hall–Kier alpha value is -2.43. The van der Waals surface area contributed by atoms with Gasteiger partial charge in [-0.25, -0.2) is 0 Å². The zero-order valence-electron chi connectivity index (χ0n) is 10.9. The third kappa shape index (κ3) is 3.07. The molecule has 5 heteroatoms. The molecular formula is C14H16N2O3. The minimum absolute atomic E-state index is 0.00674. The molecule has 0 aliphatic rings. The van der Waals surface area contributed by atoms with Crippen LogP contribution < -0.4 is 15.2 Å². The molecule has 1 aromatic carbocycles. The van der Waals surface area contributed by atoms with E-state index < -0.39 is 0 Å². The van der Waals surface area contributed by atoms with Crippen molar-refractivity contribution in [3.8, 4) is 17.2 Å². The number of phenolic OH excluding ortho intramolecular Hbond substituents is 1. The lowest BCUT2D eigenvalue weighted by Crippen LogP contribution is -2.02. The molecule has 0 aliphatic carbocycles. The number of anilines is 1. The van der Waals surface area contributed by atoms with Gasteiger partial charge in [0.2, 0.25) is 0 Å². The molecule has 0 saturated heterocycles. The molecular weight excluding hydrogens is 244 g/mol. The van der Waals surface area contributed by atoms with Gasteiger partial charge in [-0.3, -0.25) is 4.98 Å². The van der Waals surface area contributed by atoms with Crippen molar-refractivity contribution >= 4 is 5.69 Å². The van der Waals surface area contributed by atoms with Crippen molar-refractivity contribution in [3.05, 3.63) is 41.7 Å². The molecule has 19 heavy (non-hydrogen) atoms. The van der Waals surface area contributed by atoms with E-state index in [4.69, 9.17) is 15.2 Å². The number of aryl methyl sites for hydroxylation is 1. The first-order chi connectivity index (χ1) is 9.10. The molecule has 2 aromatic rings. The van der Waals surface area contributed by atoms with Crippen LogP contribution in [0.3, 0.4) is 0 Å². The molecule has 0 atom stereocenters. The van der Waals surface area contributed by atoms with Gasteiger partial charge in [0, 0.05) is 17.8 Å². The van der Waals surface area contributed by atoms with Crippen LogP contribution in [0.5, 0.6) is 17.2 Å². The molecule has 0 fully saturated rings. The van der Waals surface area contributed by atoms with E-state index in [-0.39, 0.29) is 18.0 Å². The van der Waals surface area contributed by atoms with Crippen molar-refractivity contribution in [1.82, 2.24) is 4.98 Å². The second-order valence-corrected chi connectivity index (χ2v) is 4.12. The first-order valence-electron chi connectivity index (χ1n) is 5.82. The lowest BCUT2D eigenvalue weighted by atomic mass is 10.2. The summed E-state index contributed by atoms with van der Waals surface area (Å²) in [5, 5.41) is 9.48. The van der Waals surface area contributed by atoms with E-state index in [1.54, 1.807) is 25.3 Å². The highest BCUT2D eigenvalue weighted by Crippen LogP contribution is 2.30. The summed E-state index contributed by atoms with van der Waals surface area (Å²) in [7, 11) is 1.60. The molecule has 2 rings (SSSR count). The standard InChI is InChI=1S/C14H16N2O3/c1-9-6-11(18-2)7-10(16-9)8-19-13-5-3-4-12(17)14(13)15/h3-7,17H,8,15H2,1-2H3. The van der Waals surface area contributed by atoms with Gasteiger partial charge in [-0.1, -0.05) is 6.07 Å². The molecule has 0 radical (unpaired) electrons. The highest BCUT2D eigenvalue weighted by atomic mass is 16.5. The Morgan fingerprint density at radius 3 is 2.84 bits per heavy atom. The predicted octanol–water partition coefficient (Wildman–Crippen LogP) is 2.27. The zero-order chi connectivity index (χ0) is 13.8. The summed E-state index contributed by atoms with van der Waals surface area (Å²) >= 11 is 0. The molecule has 0 amide bonds. The number of nitrogens with zero attached hydrogens (tertiary/aromatic N) is 1. The van der Waals surface area contributed by atoms with Crippen molar-refractivity contribution in [2.45, 2.75) is 13.5 Å². The quantitative estimate of drug-likeness (QED) is 0.651. The molecule has 3 N–H and O–H groups in total. The van der Waals surface area contributed by atoms with Crippen molar-refractivity contribution < 1.29 is 14.6 Å². The fourth-order valence-corrected chi connectivity index (χ4v) is 1.70. The Kier molecular flexibility index (Phi) is 3.75. The van der Waals surface area contributed by atoms with Gasteiger partial charge < -0.3 is 20.3 Å². The maximum Gasteiger partial charge on any atom is 0.146 e. The first kappa shape index (κ1) is 13.0. The summed E-state index contributed by atoms with van der Waals surface area (Å²) in [4.78, 5) is 4.34. The number of para-hydroxylation sites is 1. The zero-order valence-corrected chi connectivity index (χ0v) is 10.9. The summed E-state index contributed by atoms with van der Waals surface area (Å²) in [6.07, 6.45) is 0. The highest BCUT2D eigenvalue weighted by Gasteiger charge is 2.06. The Balaban J connectivity index is 2.14. The average molecular weight is 260 g/mol. The maximum atomic E-state index is 9.48. The minimum Gasteiger partial charge on any atom is -0.506 e. The van der Waals surface area contributed by atoms with Crippen LogP contribution in [0.1, 0.15) is 11.4 Å². The van der Waals surface area contributed by atoms with Gasteiger partial charge in [0.25, 0.3) is 0 Å². The summed E-state index contributed by atoms with van der Waals surface area (Å²) in [5.74, 6) is 1.17.